The molecule has 5 rings (SSSR count). The number of nitrogens with one attached hydrogen (secondary N) is 2. The maximum absolute atomic E-state index is 13.7. The van der Waals surface area contributed by atoms with E-state index in [1.54, 1.807) is 41.3 Å². The molecule has 1 aliphatic heterocycles. The zero-order valence-corrected chi connectivity index (χ0v) is 27.9. The summed E-state index contributed by atoms with van der Waals surface area (Å²) in [6.07, 6.45) is 3.37. The van der Waals surface area contributed by atoms with Gasteiger partial charge in [-0.3, -0.25) is 19.8 Å². The molecule has 2 N–H and O–H groups in total. The first-order valence-electron chi connectivity index (χ1n) is 15.1. The molecule has 0 unspecified atom stereocenters. The van der Waals surface area contributed by atoms with Crippen LogP contribution in [0.1, 0.15) is 0 Å². The zero-order valence-electron chi connectivity index (χ0n) is 27.1. The lowest BCUT2D eigenvalue weighted by atomic mass is 10.3. The number of hydrogen-bond donors (Lipinski definition) is 2. The number of para-hydroxylation sites is 2. The summed E-state index contributed by atoms with van der Waals surface area (Å²) in [5.41, 5.74) is 0.489. The molecule has 3 heterocycles. The van der Waals surface area contributed by atoms with Crippen LogP contribution in [0.5, 0.6) is 34.6 Å². The van der Waals surface area contributed by atoms with Crippen LogP contribution in [-0.2, 0) is 24.3 Å². The molecule has 50 heavy (non-hydrogen) atoms. The van der Waals surface area contributed by atoms with E-state index in [9.17, 15) is 18.0 Å². The summed E-state index contributed by atoms with van der Waals surface area (Å²) < 4.78 is 68.5. The second-order valence-electron chi connectivity index (χ2n) is 10.2. The van der Waals surface area contributed by atoms with Crippen LogP contribution in [0.15, 0.2) is 78.2 Å². The topological polar surface area (TPSA) is 199 Å². The second-order valence-corrected chi connectivity index (χ2v) is 11.8. The number of rotatable bonds is 15. The predicted molar refractivity (Wildman–Crippen MR) is 176 cm³/mol. The molecule has 0 spiro atoms. The Bertz CT molecular complexity index is 1880. The van der Waals surface area contributed by atoms with E-state index >= 15 is 0 Å². The van der Waals surface area contributed by atoms with Crippen molar-refractivity contribution < 1.29 is 51.2 Å². The standard InChI is InChI=1S/C32H34N6O11S/c1-43-24-5-3-4-6-26(24)49-29-30(34-21-35-31(29)46-17-18-47-32(40)36-22-9-11-33-12-10-22)37-50(41,42)23-7-8-25(44-2)27(19-23)48-20-28(39)38-13-15-45-16-14-38/h3-12,19,21H,13-18,20H2,1-2H3,(H,33,36,40)(H,34,35,37). The third-order valence-electron chi connectivity index (χ3n) is 6.93. The zero-order chi connectivity index (χ0) is 35.3. The Balaban J connectivity index is 1.34. The third kappa shape index (κ3) is 9.38. The highest BCUT2D eigenvalue weighted by Gasteiger charge is 2.25. The van der Waals surface area contributed by atoms with Crippen LogP contribution >= 0.6 is 0 Å². The highest BCUT2D eigenvalue weighted by Crippen LogP contribution is 2.40. The Morgan fingerprint density at radius 2 is 1.60 bits per heavy atom. The van der Waals surface area contributed by atoms with Crippen molar-refractivity contribution in [1.82, 2.24) is 19.9 Å². The summed E-state index contributed by atoms with van der Waals surface area (Å²) in [4.78, 5) is 38.3. The molecule has 2 aromatic carbocycles. The van der Waals surface area contributed by atoms with Crippen LogP contribution in [0.4, 0.5) is 16.3 Å². The van der Waals surface area contributed by atoms with Gasteiger partial charge in [-0.1, -0.05) is 12.1 Å². The molecular formula is C32H34N6O11S. The highest BCUT2D eigenvalue weighted by molar-refractivity contribution is 7.92. The van der Waals surface area contributed by atoms with E-state index < -0.39 is 16.1 Å². The minimum Gasteiger partial charge on any atom is -0.493 e. The van der Waals surface area contributed by atoms with Gasteiger partial charge in [0.1, 0.15) is 19.5 Å². The summed E-state index contributed by atoms with van der Waals surface area (Å²) in [5.74, 6) is -0.157. The molecule has 0 bridgehead atoms. The van der Waals surface area contributed by atoms with Gasteiger partial charge in [0.25, 0.3) is 21.8 Å². The first-order valence-corrected chi connectivity index (χ1v) is 16.6. The lowest BCUT2D eigenvalue weighted by Crippen LogP contribution is -2.43. The van der Waals surface area contributed by atoms with Crippen LogP contribution in [0, 0.1) is 0 Å². The largest absolute Gasteiger partial charge is 0.493 e. The Morgan fingerprint density at radius 1 is 0.880 bits per heavy atom. The van der Waals surface area contributed by atoms with Crippen molar-refractivity contribution in [1.29, 1.82) is 0 Å². The van der Waals surface area contributed by atoms with Gasteiger partial charge in [0.2, 0.25) is 5.75 Å². The number of hydrogen-bond acceptors (Lipinski definition) is 14. The summed E-state index contributed by atoms with van der Waals surface area (Å²) in [7, 11) is -1.54. The first kappa shape index (κ1) is 35.4. The second kappa shape index (κ2) is 17.0. The van der Waals surface area contributed by atoms with Crippen molar-refractivity contribution in [3.63, 3.8) is 0 Å². The number of sulfonamides is 1. The minimum absolute atomic E-state index is 0.0298. The van der Waals surface area contributed by atoms with Gasteiger partial charge in [-0.15, -0.1) is 0 Å². The quantitative estimate of drug-likeness (QED) is 0.170. The molecule has 18 heteroatoms. The number of anilines is 2. The number of carbonyl (C=O) groups excluding carboxylic acids is 2. The number of carbonyl (C=O) groups is 2. The lowest BCUT2D eigenvalue weighted by molar-refractivity contribution is -0.137. The van der Waals surface area contributed by atoms with Crippen molar-refractivity contribution in [3.05, 3.63) is 73.3 Å². The van der Waals surface area contributed by atoms with E-state index in [4.69, 9.17) is 33.2 Å². The Labute approximate surface area is 287 Å². The average Bonchev–Trinajstić information content (AvgIpc) is 3.14. The van der Waals surface area contributed by atoms with Gasteiger partial charge in [-0.05, 0) is 36.4 Å². The number of amides is 2. The van der Waals surface area contributed by atoms with Crippen molar-refractivity contribution in [2.45, 2.75) is 4.90 Å². The van der Waals surface area contributed by atoms with Crippen LogP contribution in [0.2, 0.25) is 0 Å². The summed E-state index contributed by atoms with van der Waals surface area (Å²) in [5, 5.41) is 2.55. The molecule has 1 fully saturated rings. The van der Waals surface area contributed by atoms with E-state index in [1.807, 2.05) is 0 Å². The SMILES string of the molecule is COc1ccc(S(=O)(=O)Nc2ncnc(OCCOC(=O)Nc3ccncc3)c2Oc2ccccc2OC)cc1OCC(=O)N1CCOCC1. The predicted octanol–water partition coefficient (Wildman–Crippen LogP) is 3.35. The highest BCUT2D eigenvalue weighted by atomic mass is 32.2. The van der Waals surface area contributed by atoms with E-state index in [-0.39, 0.29) is 65.3 Å². The van der Waals surface area contributed by atoms with Gasteiger partial charge >= 0.3 is 6.09 Å². The molecule has 1 saturated heterocycles. The number of ether oxygens (including phenoxy) is 7. The molecular weight excluding hydrogens is 676 g/mol. The number of benzene rings is 2. The number of nitrogens with zero attached hydrogens (tertiary/aromatic N) is 4. The monoisotopic (exact) mass is 710 g/mol. The average molecular weight is 711 g/mol. The van der Waals surface area contributed by atoms with Gasteiger partial charge in [0.15, 0.2) is 35.4 Å². The summed E-state index contributed by atoms with van der Waals surface area (Å²) in [6.45, 7) is 0.977. The number of morpholine rings is 1. The summed E-state index contributed by atoms with van der Waals surface area (Å²) >= 11 is 0. The normalized spacial score (nSPS) is 12.7. The van der Waals surface area contributed by atoms with Crippen molar-refractivity contribution in [2.75, 3.05) is 70.4 Å². The molecule has 1 aliphatic rings. The smallest absolute Gasteiger partial charge is 0.411 e. The van der Waals surface area contributed by atoms with E-state index in [0.717, 1.165) is 6.33 Å². The Hall–Kier alpha value is -5.88. The van der Waals surface area contributed by atoms with Gasteiger partial charge in [-0.25, -0.2) is 18.2 Å². The fourth-order valence-electron chi connectivity index (χ4n) is 4.47. The van der Waals surface area contributed by atoms with Gasteiger partial charge < -0.3 is 38.1 Å². The first-order chi connectivity index (χ1) is 24.3. The van der Waals surface area contributed by atoms with Crippen molar-refractivity contribution in [2.24, 2.45) is 0 Å². The fraction of sp³-hybridized carbons (Fsp3) is 0.281. The Kier molecular flexibility index (Phi) is 12.0. The van der Waals surface area contributed by atoms with Gasteiger partial charge in [0.05, 0.1) is 32.3 Å². The van der Waals surface area contributed by atoms with Crippen LogP contribution in [-0.4, -0.2) is 101 Å². The van der Waals surface area contributed by atoms with Crippen LogP contribution in [0.25, 0.3) is 0 Å². The number of methoxy groups -OCH3 is 2. The number of aromatic nitrogens is 3. The maximum atomic E-state index is 13.7. The van der Waals surface area contributed by atoms with E-state index in [1.165, 1.54) is 44.8 Å². The molecule has 2 amide bonds. The number of pyridine rings is 1. The van der Waals surface area contributed by atoms with E-state index in [2.05, 4.69) is 25.0 Å². The fourth-order valence-corrected chi connectivity index (χ4v) is 5.49. The lowest BCUT2D eigenvalue weighted by Gasteiger charge is -2.26. The molecule has 264 valence electrons. The molecule has 0 radical (unpaired) electrons. The molecule has 4 aromatic rings. The molecule has 17 nitrogen and oxygen atoms in total. The van der Waals surface area contributed by atoms with Crippen LogP contribution in [0.3, 0.4) is 0 Å². The molecule has 0 aliphatic carbocycles. The Morgan fingerprint density at radius 3 is 2.34 bits per heavy atom. The van der Waals surface area contributed by atoms with Crippen molar-refractivity contribution in [3.8, 4) is 34.6 Å². The van der Waals surface area contributed by atoms with E-state index in [0.29, 0.717) is 37.7 Å². The van der Waals surface area contributed by atoms with Crippen molar-refractivity contribution >= 4 is 33.5 Å². The summed E-state index contributed by atoms with van der Waals surface area (Å²) in [6, 6.07) is 13.7. The maximum Gasteiger partial charge on any atom is 0.411 e. The minimum atomic E-state index is -4.37. The molecule has 2 aromatic heterocycles. The molecule has 0 atom stereocenters. The van der Waals surface area contributed by atoms with Crippen LogP contribution < -0.4 is 33.7 Å². The van der Waals surface area contributed by atoms with Gasteiger partial charge in [0, 0.05) is 37.2 Å². The molecule has 0 saturated carbocycles. The third-order valence-corrected chi connectivity index (χ3v) is 8.26. The van der Waals surface area contributed by atoms with Gasteiger partial charge in [-0.2, -0.15) is 4.98 Å².